The van der Waals surface area contributed by atoms with E-state index >= 15 is 0 Å². The lowest BCUT2D eigenvalue weighted by Gasteiger charge is -2.38. The number of hydrogen-bond acceptors (Lipinski definition) is 3. The predicted octanol–water partition coefficient (Wildman–Crippen LogP) is 4.69. The van der Waals surface area contributed by atoms with Crippen molar-refractivity contribution in [1.82, 2.24) is 0 Å². The van der Waals surface area contributed by atoms with E-state index in [9.17, 15) is 4.79 Å². The van der Waals surface area contributed by atoms with Gasteiger partial charge in [0.1, 0.15) is 0 Å². The van der Waals surface area contributed by atoms with Crippen LogP contribution in [0.3, 0.4) is 0 Å². The smallest absolute Gasteiger partial charge is 0.335 e. The van der Waals surface area contributed by atoms with E-state index in [0.29, 0.717) is 18.4 Å². The SMILES string of the molecule is CC(C)(OCC1CCCC(CO[Si](C)(C)C(C)(C)C)C1)C(=O)O. The van der Waals surface area contributed by atoms with Crippen molar-refractivity contribution in [3.05, 3.63) is 0 Å². The van der Waals surface area contributed by atoms with Crippen LogP contribution in [0.1, 0.15) is 60.3 Å². The Morgan fingerprint density at radius 2 is 1.61 bits per heavy atom. The molecular formula is C18H36O4Si. The van der Waals surface area contributed by atoms with E-state index in [4.69, 9.17) is 14.3 Å². The molecule has 2 unspecified atom stereocenters. The van der Waals surface area contributed by atoms with Gasteiger partial charge in [-0.15, -0.1) is 0 Å². The Hall–Kier alpha value is -0.393. The van der Waals surface area contributed by atoms with Gasteiger partial charge in [-0.3, -0.25) is 0 Å². The average molecular weight is 345 g/mol. The lowest BCUT2D eigenvalue weighted by Crippen LogP contribution is -2.42. The monoisotopic (exact) mass is 344 g/mol. The molecule has 0 aromatic heterocycles. The molecule has 0 spiro atoms. The van der Waals surface area contributed by atoms with Crippen molar-refractivity contribution < 1.29 is 19.1 Å². The second-order valence-electron chi connectivity index (χ2n) is 9.10. The van der Waals surface area contributed by atoms with Crippen LogP contribution in [-0.2, 0) is 14.0 Å². The van der Waals surface area contributed by atoms with E-state index in [1.165, 1.54) is 12.8 Å². The van der Waals surface area contributed by atoms with E-state index in [1.54, 1.807) is 13.8 Å². The van der Waals surface area contributed by atoms with Gasteiger partial charge in [-0.1, -0.05) is 27.2 Å². The fourth-order valence-corrected chi connectivity index (χ4v) is 3.72. The summed E-state index contributed by atoms with van der Waals surface area (Å²) in [6.07, 6.45) is 4.62. The quantitative estimate of drug-likeness (QED) is 0.680. The van der Waals surface area contributed by atoms with Gasteiger partial charge < -0.3 is 14.3 Å². The summed E-state index contributed by atoms with van der Waals surface area (Å²) < 4.78 is 12.0. The zero-order chi connectivity index (χ0) is 17.9. The van der Waals surface area contributed by atoms with Crippen molar-refractivity contribution >= 4 is 14.3 Å². The molecule has 1 N–H and O–H groups in total. The van der Waals surface area contributed by atoms with Gasteiger partial charge in [0.15, 0.2) is 13.9 Å². The molecule has 1 aliphatic rings. The molecule has 0 bridgehead atoms. The Labute approximate surface area is 143 Å². The highest BCUT2D eigenvalue weighted by atomic mass is 28.4. The van der Waals surface area contributed by atoms with Crippen LogP contribution in [0.4, 0.5) is 0 Å². The Kier molecular flexibility index (Phi) is 6.88. The van der Waals surface area contributed by atoms with Crippen LogP contribution in [0.15, 0.2) is 0 Å². The van der Waals surface area contributed by atoms with Crippen LogP contribution in [0, 0.1) is 11.8 Å². The van der Waals surface area contributed by atoms with E-state index in [2.05, 4.69) is 33.9 Å². The topological polar surface area (TPSA) is 55.8 Å². The van der Waals surface area contributed by atoms with Gasteiger partial charge in [-0.25, -0.2) is 4.79 Å². The van der Waals surface area contributed by atoms with Crippen molar-refractivity contribution in [3.8, 4) is 0 Å². The molecule has 1 aliphatic carbocycles. The van der Waals surface area contributed by atoms with Gasteiger partial charge in [-0.05, 0) is 63.1 Å². The minimum Gasteiger partial charge on any atom is -0.479 e. The zero-order valence-corrected chi connectivity index (χ0v) is 17.1. The van der Waals surface area contributed by atoms with Crippen molar-refractivity contribution in [2.24, 2.45) is 11.8 Å². The molecule has 0 saturated heterocycles. The molecule has 4 nitrogen and oxygen atoms in total. The number of hydrogen-bond donors (Lipinski definition) is 1. The van der Waals surface area contributed by atoms with Gasteiger partial charge in [0.25, 0.3) is 0 Å². The van der Waals surface area contributed by atoms with Crippen molar-refractivity contribution in [2.45, 2.75) is 84.0 Å². The van der Waals surface area contributed by atoms with Crippen LogP contribution in [-0.4, -0.2) is 38.2 Å². The number of rotatable bonds is 7. The molecule has 5 heteroatoms. The second kappa shape index (κ2) is 7.66. The number of carbonyl (C=O) groups is 1. The van der Waals surface area contributed by atoms with Gasteiger partial charge in [0.2, 0.25) is 0 Å². The third-order valence-electron chi connectivity index (χ3n) is 5.57. The van der Waals surface area contributed by atoms with Crippen LogP contribution >= 0.6 is 0 Å². The molecule has 2 atom stereocenters. The standard InChI is InChI=1S/C18H36O4Si/c1-17(2,3)23(6,7)22-13-15-10-8-9-14(11-15)12-21-18(4,5)16(19)20/h14-15H,8-13H2,1-7H3,(H,19,20). The summed E-state index contributed by atoms with van der Waals surface area (Å²) in [4.78, 5) is 11.1. The first-order chi connectivity index (χ1) is 10.3. The minimum atomic E-state index is -1.68. The van der Waals surface area contributed by atoms with E-state index in [-0.39, 0.29) is 5.04 Å². The molecular weight excluding hydrogens is 308 g/mol. The lowest BCUT2D eigenvalue weighted by molar-refractivity contribution is -0.163. The highest BCUT2D eigenvalue weighted by Crippen LogP contribution is 2.38. The van der Waals surface area contributed by atoms with Gasteiger partial charge in [0.05, 0.1) is 6.61 Å². The molecule has 1 saturated carbocycles. The summed E-state index contributed by atoms with van der Waals surface area (Å²) in [5, 5.41) is 9.38. The average Bonchev–Trinajstić information content (AvgIpc) is 2.42. The summed E-state index contributed by atoms with van der Waals surface area (Å²) >= 11 is 0. The van der Waals surface area contributed by atoms with E-state index < -0.39 is 19.9 Å². The highest BCUT2D eigenvalue weighted by Gasteiger charge is 2.38. The zero-order valence-electron chi connectivity index (χ0n) is 16.1. The molecule has 0 radical (unpaired) electrons. The Balaban J connectivity index is 2.45. The van der Waals surface area contributed by atoms with E-state index in [0.717, 1.165) is 19.4 Å². The van der Waals surface area contributed by atoms with Crippen LogP contribution < -0.4 is 0 Å². The molecule has 0 aliphatic heterocycles. The normalized spacial score (nSPS) is 23.8. The molecule has 0 aromatic rings. The number of ether oxygens (including phenoxy) is 1. The summed E-state index contributed by atoms with van der Waals surface area (Å²) in [6.45, 7) is 16.0. The Morgan fingerprint density at radius 1 is 1.09 bits per heavy atom. The molecule has 0 heterocycles. The minimum absolute atomic E-state index is 0.246. The first-order valence-electron chi connectivity index (χ1n) is 8.86. The number of carboxylic acid groups (broad SMARTS) is 1. The maximum Gasteiger partial charge on any atom is 0.335 e. The first-order valence-corrected chi connectivity index (χ1v) is 11.8. The van der Waals surface area contributed by atoms with E-state index in [1.807, 2.05) is 0 Å². The molecule has 1 rings (SSSR count). The molecule has 136 valence electrons. The van der Waals surface area contributed by atoms with Gasteiger partial charge >= 0.3 is 5.97 Å². The maximum absolute atomic E-state index is 11.1. The van der Waals surface area contributed by atoms with Crippen molar-refractivity contribution in [1.29, 1.82) is 0 Å². The Bertz CT molecular complexity index is 398. The Morgan fingerprint density at radius 3 is 2.09 bits per heavy atom. The van der Waals surface area contributed by atoms with Crippen molar-refractivity contribution in [3.63, 3.8) is 0 Å². The van der Waals surface area contributed by atoms with Gasteiger partial charge in [-0.2, -0.15) is 0 Å². The van der Waals surface area contributed by atoms with Gasteiger partial charge in [0, 0.05) is 6.61 Å². The third-order valence-corrected chi connectivity index (χ3v) is 10.1. The maximum atomic E-state index is 11.1. The molecule has 0 amide bonds. The highest BCUT2D eigenvalue weighted by molar-refractivity contribution is 6.74. The summed E-state index contributed by atoms with van der Waals surface area (Å²) in [7, 11) is -1.68. The van der Waals surface area contributed by atoms with Crippen LogP contribution in [0.5, 0.6) is 0 Å². The number of aliphatic carboxylic acids is 1. The van der Waals surface area contributed by atoms with Crippen LogP contribution in [0.25, 0.3) is 0 Å². The number of carboxylic acids is 1. The predicted molar refractivity (Wildman–Crippen MR) is 96.3 cm³/mol. The van der Waals surface area contributed by atoms with Crippen LogP contribution in [0.2, 0.25) is 18.1 Å². The lowest BCUT2D eigenvalue weighted by atomic mass is 9.82. The molecule has 23 heavy (non-hydrogen) atoms. The van der Waals surface area contributed by atoms with Crippen molar-refractivity contribution in [2.75, 3.05) is 13.2 Å². The first kappa shape index (κ1) is 20.7. The third kappa shape index (κ3) is 6.20. The largest absolute Gasteiger partial charge is 0.479 e. The summed E-state index contributed by atoms with van der Waals surface area (Å²) in [5.41, 5.74) is -1.09. The summed E-state index contributed by atoms with van der Waals surface area (Å²) in [6, 6.07) is 0. The fraction of sp³-hybridized carbons (Fsp3) is 0.944. The summed E-state index contributed by atoms with van der Waals surface area (Å²) in [5.74, 6) is 0.140. The molecule has 0 aromatic carbocycles. The molecule has 1 fully saturated rings. The fourth-order valence-electron chi connectivity index (χ4n) is 2.64. The second-order valence-corrected chi connectivity index (χ2v) is 13.9.